The summed E-state index contributed by atoms with van der Waals surface area (Å²) in [6.07, 6.45) is 0. The van der Waals surface area contributed by atoms with Crippen molar-refractivity contribution in [1.29, 1.82) is 0 Å². The van der Waals surface area contributed by atoms with Gasteiger partial charge in [-0.05, 0) is 24.0 Å². The van der Waals surface area contributed by atoms with E-state index in [0.717, 1.165) is 0 Å². The largest absolute Gasteiger partial charge is 0.352 e. The van der Waals surface area contributed by atoms with Crippen molar-refractivity contribution in [3.8, 4) is 0 Å². The number of amides is 1. The Morgan fingerprint density at radius 1 is 1.42 bits per heavy atom. The lowest BCUT2D eigenvalue weighted by atomic mass is 9.98. The van der Waals surface area contributed by atoms with Crippen LogP contribution in [0, 0.1) is 22.0 Å². The van der Waals surface area contributed by atoms with Crippen molar-refractivity contribution in [2.24, 2.45) is 11.8 Å². The van der Waals surface area contributed by atoms with Gasteiger partial charge in [0.15, 0.2) is 0 Å². The third-order valence-electron chi connectivity index (χ3n) is 3.14. The average Bonchev–Trinajstić information content (AvgIpc) is 2.34. The summed E-state index contributed by atoms with van der Waals surface area (Å²) in [6.45, 7) is 6.59. The van der Waals surface area contributed by atoms with Gasteiger partial charge in [-0.15, -0.1) is 0 Å². The Morgan fingerprint density at radius 3 is 2.58 bits per heavy atom. The van der Waals surface area contributed by atoms with E-state index in [0.29, 0.717) is 18.4 Å². The van der Waals surface area contributed by atoms with Gasteiger partial charge in [-0.25, -0.2) is 0 Å². The van der Waals surface area contributed by atoms with Crippen LogP contribution in [0.4, 0.5) is 5.69 Å². The second-order valence-electron chi connectivity index (χ2n) is 4.82. The van der Waals surface area contributed by atoms with Gasteiger partial charge in [0.25, 0.3) is 5.91 Å². The van der Waals surface area contributed by atoms with Crippen molar-refractivity contribution < 1.29 is 9.72 Å². The van der Waals surface area contributed by atoms with Crippen LogP contribution in [0.3, 0.4) is 0 Å². The number of halogens is 1. The molecule has 0 radical (unpaired) electrons. The lowest BCUT2D eigenvalue weighted by Gasteiger charge is -2.16. The third kappa shape index (κ3) is 3.92. The Bertz CT molecular complexity index is 489. The topological polar surface area (TPSA) is 72.2 Å². The highest BCUT2D eigenvalue weighted by Crippen LogP contribution is 2.28. The standard InChI is InChI=1S/C13H17ClN2O3/c1-8(2)9(3)7-15-13(17)10-5-4-6-11(14)12(10)16(18)19/h4-6,8-9H,7H2,1-3H3,(H,15,17). The molecule has 19 heavy (non-hydrogen) atoms. The third-order valence-corrected chi connectivity index (χ3v) is 3.44. The molecule has 0 saturated carbocycles. The molecular weight excluding hydrogens is 268 g/mol. The Balaban J connectivity index is 2.89. The molecular formula is C13H17ClN2O3. The minimum atomic E-state index is -0.636. The van der Waals surface area contributed by atoms with E-state index in [4.69, 9.17) is 11.6 Å². The number of nitrogens with one attached hydrogen (secondary N) is 1. The van der Waals surface area contributed by atoms with Gasteiger partial charge < -0.3 is 5.32 Å². The van der Waals surface area contributed by atoms with E-state index >= 15 is 0 Å². The molecule has 0 heterocycles. The van der Waals surface area contributed by atoms with Crippen LogP contribution in [0.1, 0.15) is 31.1 Å². The summed E-state index contributed by atoms with van der Waals surface area (Å²) in [6, 6.07) is 4.32. The number of nitro benzene ring substituents is 1. The lowest BCUT2D eigenvalue weighted by Crippen LogP contribution is -2.30. The van der Waals surface area contributed by atoms with Crippen molar-refractivity contribution in [2.75, 3.05) is 6.54 Å². The fourth-order valence-corrected chi connectivity index (χ4v) is 1.71. The zero-order chi connectivity index (χ0) is 14.6. The average molecular weight is 285 g/mol. The van der Waals surface area contributed by atoms with E-state index in [1.165, 1.54) is 18.2 Å². The van der Waals surface area contributed by atoms with Gasteiger partial charge in [-0.2, -0.15) is 0 Å². The number of rotatable bonds is 5. The maximum absolute atomic E-state index is 12.0. The van der Waals surface area contributed by atoms with Gasteiger partial charge >= 0.3 is 5.69 Å². The summed E-state index contributed by atoms with van der Waals surface area (Å²) in [7, 11) is 0. The van der Waals surface area contributed by atoms with Gasteiger partial charge in [0, 0.05) is 6.54 Å². The molecule has 1 aromatic rings. The Hall–Kier alpha value is -1.62. The molecule has 0 aliphatic heterocycles. The second kappa shape index (κ2) is 6.52. The number of carbonyl (C=O) groups excluding carboxylic acids is 1. The van der Waals surface area contributed by atoms with E-state index in [1.807, 2.05) is 6.92 Å². The van der Waals surface area contributed by atoms with Crippen LogP contribution >= 0.6 is 11.6 Å². The normalized spacial score (nSPS) is 12.3. The highest BCUT2D eigenvalue weighted by atomic mass is 35.5. The summed E-state index contributed by atoms with van der Waals surface area (Å²) in [5.41, 5.74) is -0.354. The van der Waals surface area contributed by atoms with E-state index in [9.17, 15) is 14.9 Å². The molecule has 0 saturated heterocycles. The number of hydrogen-bond acceptors (Lipinski definition) is 3. The van der Waals surface area contributed by atoms with Gasteiger partial charge in [0.05, 0.1) is 4.92 Å². The first-order chi connectivity index (χ1) is 8.84. The first-order valence-corrected chi connectivity index (χ1v) is 6.43. The van der Waals surface area contributed by atoms with E-state index in [2.05, 4.69) is 19.2 Å². The van der Waals surface area contributed by atoms with E-state index < -0.39 is 10.8 Å². The zero-order valence-corrected chi connectivity index (χ0v) is 11.9. The highest BCUT2D eigenvalue weighted by Gasteiger charge is 2.23. The molecule has 1 amide bonds. The maximum atomic E-state index is 12.0. The molecule has 1 unspecified atom stereocenters. The SMILES string of the molecule is CC(C)C(C)CNC(=O)c1cccc(Cl)c1[N+](=O)[O-]. The molecule has 6 heteroatoms. The Kier molecular flexibility index (Phi) is 5.30. The number of hydrogen-bond donors (Lipinski definition) is 1. The second-order valence-corrected chi connectivity index (χ2v) is 5.23. The zero-order valence-electron chi connectivity index (χ0n) is 11.1. The quantitative estimate of drug-likeness (QED) is 0.666. The number of nitrogens with zero attached hydrogens (tertiary/aromatic N) is 1. The summed E-state index contributed by atoms with van der Waals surface area (Å²) in [4.78, 5) is 22.3. The number of carbonyl (C=O) groups is 1. The van der Waals surface area contributed by atoms with Gasteiger partial charge in [0.1, 0.15) is 10.6 Å². The molecule has 104 valence electrons. The molecule has 5 nitrogen and oxygen atoms in total. The number of benzene rings is 1. The first kappa shape index (κ1) is 15.4. The first-order valence-electron chi connectivity index (χ1n) is 6.05. The van der Waals surface area contributed by atoms with E-state index in [1.54, 1.807) is 0 Å². The minimum absolute atomic E-state index is 0.00606. The molecule has 0 spiro atoms. The van der Waals surface area contributed by atoms with Crippen LogP contribution in [0.5, 0.6) is 0 Å². The summed E-state index contributed by atoms with van der Waals surface area (Å²) in [5.74, 6) is 0.249. The predicted octanol–water partition coefficient (Wildman–Crippen LogP) is 3.27. The smallest absolute Gasteiger partial charge is 0.300 e. The summed E-state index contributed by atoms with van der Waals surface area (Å²) >= 11 is 5.76. The monoisotopic (exact) mass is 284 g/mol. The van der Waals surface area contributed by atoms with Gasteiger partial charge in [-0.1, -0.05) is 38.4 Å². The van der Waals surface area contributed by atoms with Crippen molar-refractivity contribution in [1.82, 2.24) is 5.32 Å². The van der Waals surface area contributed by atoms with Crippen LogP contribution in [0.2, 0.25) is 5.02 Å². The fourth-order valence-electron chi connectivity index (χ4n) is 1.47. The molecule has 1 N–H and O–H groups in total. The van der Waals surface area contributed by atoms with Crippen molar-refractivity contribution in [2.45, 2.75) is 20.8 Å². The van der Waals surface area contributed by atoms with Gasteiger partial charge in [0.2, 0.25) is 0 Å². The molecule has 1 atom stereocenters. The fraction of sp³-hybridized carbons (Fsp3) is 0.462. The maximum Gasteiger partial charge on any atom is 0.300 e. The predicted molar refractivity (Wildman–Crippen MR) is 74.4 cm³/mol. The molecule has 1 aromatic carbocycles. The molecule has 0 aliphatic carbocycles. The van der Waals surface area contributed by atoms with E-state index in [-0.39, 0.29) is 16.3 Å². The van der Waals surface area contributed by atoms with Crippen LogP contribution in [-0.2, 0) is 0 Å². The number of para-hydroxylation sites is 1. The van der Waals surface area contributed by atoms with Crippen LogP contribution < -0.4 is 5.32 Å². The Labute approximate surface area is 117 Å². The lowest BCUT2D eigenvalue weighted by molar-refractivity contribution is -0.385. The van der Waals surface area contributed by atoms with Crippen LogP contribution in [0.25, 0.3) is 0 Å². The van der Waals surface area contributed by atoms with Crippen molar-refractivity contribution in [3.05, 3.63) is 38.9 Å². The van der Waals surface area contributed by atoms with Crippen molar-refractivity contribution in [3.63, 3.8) is 0 Å². The molecule has 0 aliphatic rings. The Morgan fingerprint density at radius 2 is 2.05 bits per heavy atom. The van der Waals surface area contributed by atoms with Crippen LogP contribution in [-0.4, -0.2) is 17.4 Å². The minimum Gasteiger partial charge on any atom is -0.352 e. The molecule has 0 bridgehead atoms. The highest BCUT2D eigenvalue weighted by molar-refractivity contribution is 6.33. The van der Waals surface area contributed by atoms with Crippen LogP contribution in [0.15, 0.2) is 18.2 Å². The summed E-state index contributed by atoms with van der Waals surface area (Å²) in [5, 5.41) is 13.6. The number of nitro groups is 1. The van der Waals surface area contributed by atoms with Crippen molar-refractivity contribution >= 4 is 23.2 Å². The molecule has 1 rings (SSSR count). The van der Waals surface area contributed by atoms with Gasteiger partial charge in [-0.3, -0.25) is 14.9 Å². The summed E-state index contributed by atoms with van der Waals surface area (Å²) < 4.78 is 0. The molecule has 0 aromatic heterocycles. The molecule has 0 fully saturated rings.